The lowest BCUT2D eigenvalue weighted by Crippen LogP contribution is -2.41. The van der Waals surface area contributed by atoms with Crippen LogP contribution in [0.25, 0.3) is 6.08 Å². The van der Waals surface area contributed by atoms with Gasteiger partial charge in [-0.3, -0.25) is 0 Å². The van der Waals surface area contributed by atoms with E-state index >= 15 is 0 Å². The molecule has 3 rings (SSSR count). The fourth-order valence-electron chi connectivity index (χ4n) is 4.92. The summed E-state index contributed by atoms with van der Waals surface area (Å²) in [6, 6.07) is 21.8. The van der Waals surface area contributed by atoms with Gasteiger partial charge in [-0.1, -0.05) is 87.9 Å². The Labute approximate surface area is 179 Å². The molecule has 1 aliphatic rings. The van der Waals surface area contributed by atoms with E-state index in [9.17, 15) is 0 Å². The van der Waals surface area contributed by atoms with Gasteiger partial charge in [-0.25, -0.2) is 0 Å². The molecule has 2 heteroatoms. The summed E-state index contributed by atoms with van der Waals surface area (Å²) < 4.78 is 6.79. The molecular weight excluding hydrogens is 368 g/mol. The molecule has 0 bridgehead atoms. The van der Waals surface area contributed by atoms with Crippen molar-refractivity contribution < 1.29 is 4.43 Å². The van der Waals surface area contributed by atoms with E-state index in [1.807, 2.05) is 0 Å². The molecule has 3 atom stereocenters. The topological polar surface area (TPSA) is 9.23 Å². The van der Waals surface area contributed by atoms with Gasteiger partial charge < -0.3 is 4.43 Å². The smallest absolute Gasteiger partial charge is 0.241 e. The number of rotatable bonds is 6. The maximum absolute atomic E-state index is 6.79. The third kappa shape index (κ3) is 5.63. The standard InChI is InChI=1S/C27H38OSi/c1-21-17-18-25(27(2,3)23-15-11-8-12-16-23)24(19-21)26(28-29(4,5)6)20-22-13-9-7-10-14-22/h7-16,20-21,24-25H,17-19H2,1-6H3/b26-20-/t21-,24-,25-/m1/s1. The first-order valence-electron chi connectivity index (χ1n) is 11.2. The Balaban J connectivity index is 2.03. The zero-order valence-electron chi connectivity index (χ0n) is 19.1. The summed E-state index contributed by atoms with van der Waals surface area (Å²) in [5.41, 5.74) is 2.80. The minimum absolute atomic E-state index is 0.116. The van der Waals surface area contributed by atoms with E-state index in [4.69, 9.17) is 4.43 Å². The van der Waals surface area contributed by atoms with Crippen molar-refractivity contribution in [1.82, 2.24) is 0 Å². The maximum atomic E-state index is 6.79. The Bertz CT molecular complexity index is 801. The van der Waals surface area contributed by atoms with Gasteiger partial charge in [0.15, 0.2) is 0 Å². The van der Waals surface area contributed by atoms with Crippen molar-refractivity contribution in [3.05, 3.63) is 77.5 Å². The molecule has 0 aliphatic heterocycles. The van der Waals surface area contributed by atoms with Crippen LogP contribution >= 0.6 is 0 Å². The molecule has 0 heterocycles. The van der Waals surface area contributed by atoms with E-state index in [0.717, 1.165) is 5.92 Å². The zero-order valence-corrected chi connectivity index (χ0v) is 20.1. The van der Waals surface area contributed by atoms with Crippen LogP contribution in [0.15, 0.2) is 66.4 Å². The van der Waals surface area contributed by atoms with Crippen molar-refractivity contribution in [1.29, 1.82) is 0 Å². The molecule has 2 aromatic rings. The van der Waals surface area contributed by atoms with Crippen LogP contribution in [0.2, 0.25) is 19.6 Å². The third-order valence-corrected chi connectivity index (χ3v) is 7.30. The number of hydrogen-bond acceptors (Lipinski definition) is 1. The van der Waals surface area contributed by atoms with Gasteiger partial charge in [-0.2, -0.15) is 0 Å². The van der Waals surface area contributed by atoms with Crippen molar-refractivity contribution in [3.8, 4) is 0 Å². The summed E-state index contributed by atoms with van der Waals surface area (Å²) in [5.74, 6) is 3.00. The lowest BCUT2D eigenvalue weighted by molar-refractivity contribution is 0.115. The van der Waals surface area contributed by atoms with Crippen LogP contribution < -0.4 is 0 Å². The fraction of sp³-hybridized carbons (Fsp3) is 0.481. The minimum Gasteiger partial charge on any atom is -0.547 e. The molecule has 0 N–H and O–H groups in total. The summed E-state index contributed by atoms with van der Waals surface area (Å²) in [5, 5.41) is 0. The van der Waals surface area contributed by atoms with Gasteiger partial charge in [0, 0.05) is 5.92 Å². The summed E-state index contributed by atoms with van der Waals surface area (Å²) in [6.45, 7) is 14.2. The van der Waals surface area contributed by atoms with E-state index < -0.39 is 8.32 Å². The second kappa shape index (κ2) is 8.91. The summed E-state index contributed by atoms with van der Waals surface area (Å²) >= 11 is 0. The number of allylic oxidation sites excluding steroid dienone is 1. The fourth-order valence-corrected chi connectivity index (χ4v) is 5.84. The predicted molar refractivity (Wildman–Crippen MR) is 128 cm³/mol. The Morgan fingerprint density at radius 2 is 1.52 bits per heavy atom. The highest BCUT2D eigenvalue weighted by Crippen LogP contribution is 2.49. The molecule has 0 unspecified atom stereocenters. The maximum Gasteiger partial charge on any atom is 0.241 e. The Morgan fingerprint density at radius 1 is 0.931 bits per heavy atom. The van der Waals surface area contributed by atoms with E-state index in [0.29, 0.717) is 11.8 Å². The highest BCUT2D eigenvalue weighted by atomic mass is 28.4. The second-order valence-electron chi connectivity index (χ2n) is 10.4. The first-order valence-corrected chi connectivity index (χ1v) is 14.6. The quantitative estimate of drug-likeness (QED) is 0.350. The monoisotopic (exact) mass is 406 g/mol. The molecule has 1 nitrogen and oxygen atoms in total. The molecule has 1 saturated carbocycles. The number of benzene rings is 2. The lowest BCUT2D eigenvalue weighted by atomic mass is 9.60. The van der Waals surface area contributed by atoms with Crippen LogP contribution in [0, 0.1) is 17.8 Å². The largest absolute Gasteiger partial charge is 0.547 e. The Morgan fingerprint density at radius 3 is 2.10 bits per heavy atom. The van der Waals surface area contributed by atoms with Crippen LogP contribution in [-0.2, 0) is 9.84 Å². The van der Waals surface area contributed by atoms with Gasteiger partial charge in [0.25, 0.3) is 0 Å². The van der Waals surface area contributed by atoms with Gasteiger partial charge in [-0.15, -0.1) is 0 Å². The average Bonchev–Trinajstić information content (AvgIpc) is 2.68. The molecule has 0 radical (unpaired) electrons. The van der Waals surface area contributed by atoms with Gasteiger partial charge in [0.1, 0.15) is 0 Å². The van der Waals surface area contributed by atoms with Crippen molar-refractivity contribution >= 4 is 14.4 Å². The molecular formula is C27H38OSi. The van der Waals surface area contributed by atoms with E-state index in [-0.39, 0.29) is 5.41 Å². The van der Waals surface area contributed by atoms with Gasteiger partial charge in [0.2, 0.25) is 8.32 Å². The van der Waals surface area contributed by atoms with Crippen molar-refractivity contribution in [2.45, 2.75) is 65.1 Å². The zero-order chi connectivity index (χ0) is 21.1. The average molecular weight is 407 g/mol. The Hall–Kier alpha value is -1.80. The van der Waals surface area contributed by atoms with E-state index in [2.05, 4.69) is 107 Å². The van der Waals surface area contributed by atoms with Crippen molar-refractivity contribution in [2.75, 3.05) is 0 Å². The minimum atomic E-state index is -1.72. The van der Waals surface area contributed by atoms with Crippen LogP contribution in [0.1, 0.15) is 51.2 Å². The first-order chi connectivity index (χ1) is 13.7. The van der Waals surface area contributed by atoms with Crippen molar-refractivity contribution in [3.63, 3.8) is 0 Å². The number of hydrogen-bond donors (Lipinski definition) is 0. The van der Waals surface area contributed by atoms with Crippen LogP contribution in [-0.4, -0.2) is 8.32 Å². The van der Waals surface area contributed by atoms with Crippen LogP contribution in [0.5, 0.6) is 0 Å². The van der Waals surface area contributed by atoms with E-state index in [1.54, 1.807) is 0 Å². The lowest BCUT2D eigenvalue weighted by Gasteiger charge is -2.46. The summed E-state index contributed by atoms with van der Waals surface area (Å²) in [4.78, 5) is 0. The molecule has 0 spiro atoms. The molecule has 0 saturated heterocycles. The molecule has 1 aliphatic carbocycles. The summed E-state index contributed by atoms with van der Waals surface area (Å²) in [6.07, 6.45) is 6.11. The van der Waals surface area contributed by atoms with E-state index in [1.165, 1.54) is 36.1 Å². The van der Waals surface area contributed by atoms with Crippen LogP contribution in [0.4, 0.5) is 0 Å². The summed E-state index contributed by atoms with van der Waals surface area (Å²) in [7, 11) is -1.72. The molecule has 156 valence electrons. The normalized spacial score (nSPS) is 23.7. The molecule has 0 amide bonds. The first kappa shape index (κ1) is 21.9. The molecule has 29 heavy (non-hydrogen) atoms. The van der Waals surface area contributed by atoms with Gasteiger partial charge >= 0.3 is 0 Å². The highest BCUT2D eigenvalue weighted by Gasteiger charge is 2.42. The third-order valence-electron chi connectivity index (χ3n) is 6.46. The highest BCUT2D eigenvalue weighted by molar-refractivity contribution is 6.70. The van der Waals surface area contributed by atoms with Crippen LogP contribution in [0.3, 0.4) is 0 Å². The van der Waals surface area contributed by atoms with Gasteiger partial charge in [0.05, 0.1) is 5.76 Å². The SMILES string of the molecule is C[C@@H]1CC[C@@H](C(C)(C)c2ccccc2)[C@H](/C(=C/c2ccccc2)O[Si](C)(C)C)C1. The Kier molecular flexibility index (Phi) is 6.73. The van der Waals surface area contributed by atoms with Crippen molar-refractivity contribution in [2.24, 2.45) is 17.8 Å². The van der Waals surface area contributed by atoms with Gasteiger partial charge in [-0.05, 0) is 66.9 Å². The molecule has 2 aromatic carbocycles. The second-order valence-corrected chi connectivity index (χ2v) is 14.8. The molecule has 1 fully saturated rings. The molecule has 0 aromatic heterocycles. The predicted octanol–water partition coefficient (Wildman–Crippen LogP) is 7.91.